The molecule has 0 radical (unpaired) electrons. The molecule has 0 aliphatic carbocycles. The summed E-state index contributed by atoms with van der Waals surface area (Å²) in [5.74, 6) is 0.449. The SMILES string of the molecule is CC(=O)Oc1ccc(-c2ccnc(Nc3ccc(S(=O)(=O)NCCCN(C)C)cc3)n2)cc1. The van der Waals surface area contributed by atoms with Crippen LogP contribution in [0.15, 0.2) is 65.7 Å². The van der Waals surface area contributed by atoms with Crippen LogP contribution in [0.4, 0.5) is 11.6 Å². The summed E-state index contributed by atoms with van der Waals surface area (Å²) >= 11 is 0. The molecule has 2 N–H and O–H groups in total. The number of ether oxygens (including phenoxy) is 1. The molecule has 0 bridgehead atoms. The molecule has 0 unspecified atom stereocenters. The van der Waals surface area contributed by atoms with E-state index in [0.717, 1.165) is 18.5 Å². The fourth-order valence-electron chi connectivity index (χ4n) is 2.97. The molecule has 3 rings (SSSR count). The third-order valence-corrected chi connectivity index (χ3v) is 6.04. The maximum Gasteiger partial charge on any atom is 0.308 e. The van der Waals surface area contributed by atoms with E-state index in [1.807, 2.05) is 19.0 Å². The van der Waals surface area contributed by atoms with Crippen molar-refractivity contribution in [2.45, 2.75) is 18.2 Å². The number of nitrogens with zero attached hydrogens (tertiary/aromatic N) is 3. The Morgan fingerprint density at radius 1 is 1.03 bits per heavy atom. The highest BCUT2D eigenvalue weighted by atomic mass is 32.2. The molecule has 0 saturated heterocycles. The molecule has 1 heterocycles. The van der Waals surface area contributed by atoms with E-state index in [9.17, 15) is 13.2 Å². The van der Waals surface area contributed by atoms with Gasteiger partial charge in [-0.1, -0.05) is 0 Å². The first-order valence-corrected chi connectivity index (χ1v) is 11.8. The molecule has 0 atom stereocenters. The van der Waals surface area contributed by atoms with E-state index in [1.54, 1.807) is 48.7 Å². The number of benzene rings is 2. The second-order valence-electron chi connectivity index (χ2n) is 7.59. The fourth-order valence-corrected chi connectivity index (χ4v) is 4.05. The Kier molecular flexibility index (Phi) is 8.10. The Bertz CT molecular complexity index is 1180. The van der Waals surface area contributed by atoms with Crippen LogP contribution in [0.1, 0.15) is 13.3 Å². The first-order chi connectivity index (χ1) is 15.7. The number of hydrogen-bond donors (Lipinski definition) is 2. The van der Waals surface area contributed by atoms with E-state index < -0.39 is 10.0 Å². The summed E-state index contributed by atoms with van der Waals surface area (Å²) in [6, 6.07) is 15.2. The minimum Gasteiger partial charge on any atom is -0.427 e. The summed E-state index contributed by atoms with van der Waals surface area (Å²) < 4.78 is 32.5. The summed E-state index contributed by atoms with van der Waals surface area (Å²) in [6.07, 6.45) is 2.35. The average Bonchev–Trinajstić information content (AvgIpc) is 2.77. The van der Waals surface area contributed by atoms with Gasteiger partial charge in [0.2, 0.25) is 16.0 Å². The molecule has 9 nitrogen and oxygen atoms in total. The number of rotatable bonds is 10. The molecule has 3 aromatic rings. The van der Waals surface area contributed by atoms with Crippen LogP contribution in [0.3, 0.4) is 0 Å². The van der Waals surface area contributed by atoms with E-state index >= 15 is 0 Å². The number of carbonyl (C=O) groups excluding carboxylic acids is 1. The number of esters is 1. The number of anilines is 2. The van der Waals surface area contributed by atoms with Gasteiger partial charge in [-0.3, -0.25) is 4.79 Å². The standard InChI is InChI=1S/C23H27N5O4S/c1-17(29)32-20-9-5-18(6-10-20)22-13-15-24-23(27-22)26-19-7-11-21(12-8-19)33(30,31)25-14-4-16-28(2)3/h5-13,15,25H,4,14,16H2,1-3H3,(H,24,26,27). The summed E-state index contributed by atoms with van der Waals surface area (Å²) in [4.78, 5) is 22.0. The molecular formula is C23H27N5O4S. The average molecular weight is 470 g/mol. The highest BCUT2D eigenvalue weighted by molar-refractivity contribution is 7.89. The van der Waals surface area contributed by atoms with Gasteiger partial charge in [-0.2, -0.15) is 0 Å². The maximum absolute atomic E-state index is 12.4. The quantitative estimate of drug-likeness (QED) is 0.265. The van der Waals surface area contributed by atoms with Gasteiger partial charge < -0.3 is 15.0 Å². The molecule has 0 saturated carbocycles. The van der Waals surface area contributed by atoms with Crippen molar-refractivity contribution in [1.82, 2.24) is 19.6 Å². The van der Waals surface area contributed by atoms with Crippen molar-refractivity contribution in [3.8, 4) is 17.0 Å². The van der Waals surface area contributed by atoms with Gasteiger partial charge in [-0.05, 0) is 81.7 Å². The predicted molar refractivity (Wildman–Crippen MR) is 127 cm³/mol. The Morgan fingerprint density at radius 3 is 2.36 bits per heavy atom. The molecule has 0 fully saturated rings. The summed E-state index contributed by atoms with van der Waals surface area (Å²) in [7, 11) is 0.330. The Hall–Kier alpha value is -3.34. The van der Waals surface area contributed by atoms with E-state index in [0.29, 0.717) is 29.6 Å². The molecule has 1 aromatic heterocycles. The number of aromatic nitrogens is 2. The Labute approximate surface area is 193 Å². The Balaban J connectivity index is 1.65. The van der Waals surface area contributed by atoms with Crippen LogP contribution in [0, 0.1) is 0 Å². The summed E-state index contributed by atoms with van der Waals surface area (Å²) in [6.45, 7) is 2.53. The lowest BCUT2D eigenvalue weighted by Gasteiger charge is -2.11. The van der Waals surface area contributed by atoms with Crippen molar-refractivity contribution in [2.75, 3.05) is 32.5 Å². The van der Waals surface area contributed by atoms with Gasteiger partial charge in [0.1, 0.15) is 5.75 Å². The van der Waals surface area contributed by atoms with Crippen molar-refractivity contribution >= 4 is 27.6 Å². The van der Waals surface area contributed by atoms with E-state index in [1.165, 1.54) is 19.1 Å². The fraction of sp³-hybridized carbons (Fsp3) is 0.261. The van der Waals surface area contributed by atoms with E-state index in [4.69, 9.17) is 4.74 Å². The van der Waals surface area contributed by atoms with Gasteiger partial charge in [-0.25, -0.2) is 23.1 Å². The number of carbonyl (C=O) groups is 1. The zero-order valence-electron chi connectivity index (χ0n) is 18.8. The number of hydrogen-bond acceptors (Lipinski definition) is 8. The number of sulfonamides is 1. The van der Waals surface area contributed by atoms with Crippen LogP contribution in [0.2, 0.25) is 0 Å². The normalized spacial score (nSPS) is 11.4. The van der Waals surface area contributed by atoms with Gasteiger partial charge in [0.15, 0.2) is 0 Å². The van der Waals surface area contributed by atoms with Crippen LogP contribution >= 0.6 is 0 Å². The van der Waals surface area contributed by atoms with Crippen LogP contribution < -0.4 is 14.8 Å². The minimum absolute atomic E-state index is 0.195. The molecule has 33 heavy (non-hydrogen) atoms. The zero-order valence-corrected chi connectivity index (χ0v) is 19.6. The van der Waals surface area contributed by atoms with E-state index in [-0.39, 0.29) is 10.9 Å². The molecular weight excluding hydrogens is 442 g/mol. The summed E-state index contributed by atoms with van der Waals surface area (Å²) in [5.41, 5.74) is 2.17. The number of nitrogens with one attached hydrogen (secondary N) is 2. The van der Waals surface area contributed by atoms with Crippen molar-refractivity contribution in [1.29, 1.82) is 0 Å². The van der Waals surface area contributed by atoms with Crippen LogP contribution in [0.25, 0.3) is 11.3 Å². The van der Waals surface area contributed by atoms with Crippen LogP contribution in [0.5, 0.6) is 5.75 Å². The Morgan fingerprint density at radius 2 is 1.73 bits per heavy atom. The third kappa shape index (κ3) is 7.35. The third-order valence-electron chi connectivity index (χ3n) is 4.56. The maximum atomic E-state index is 12.4. The lowest BCUT2D eigenvalue weighted by molar-refractivity contribution is -0.131. The second kappa shape index (κ2) is 11.0. The monoisotopic (exact) mass is 469 g/mol. The molecule has 0 spiro atoms. The van der Waals surface area contributed by atoms with Gasteiger partial charge in [0, 0.05) is 30.9 Å². The van der Waals surface area contributed by atoms with Crippen molar-refractivity contribution in [2.24, 2.45) is 0 Å². The lowest BCUT2D eigenvalue weighted by atomic mass is 10.1. The highest BCUT2D eigenvalue weighted by Gasteiger charge is 2.13. The predicted octanol–water partition coefficient (Wildman–Crippen LogP) is 3.04. The molecule has 0 aliphatic heterocycles. The molecule has 0 amide bonds. The smallest absolute Gasteiger partial charge is 0.308 e. The lowest BCUT2D eigenvalue weighted by Crippen LogP contribution is -2.27. The van der Waals surface area contributed by atoms with Crippen molar-refractivity contribution in [3.63, 3.8) is 0 Å². The van der Waals surface area contributed by atoms with E-state index in [2.05, 4.69) is 20.0 Å². The van der Waals surface area contributed by atoms with Crippen LogP contribution in [-0.4, -0.2) is 56.4 Å². The first-order valence-electron chi connectivity index (χ1n) is 10.4. The summed E-state index contributed by atoms with van der Waals surface area (Å²) in [5, 5.41) is 3.08. The van der Waals surface area contributed by atoms with Crippen molar-refractivity contribution in [3.05, 3.63) is 60.8 Å². The highest BCUT2D eigenvalue weighted by Crippen LogP contribution is 2.23. The van der Waals surface area contributed by atoms with Gasteiger partial charge in [0.05, 0.1) is 10.6 Å². The minimum atomic E-state index is -3.56. The molecule has 174 valence electrons. The molecule has 0 aliphatic rings. The molecule has 2 aromatic carbocycles. The second-order valence-corrected chi connectivity index (χ2v) is 9.35. The largest absolute Gasteiger partial charge is 0.427 e. The zero-order chi connectivity index (χ0) is 23.8. The van der Waals surface area contributed by atoms with Gasteiger partial charge >= 0.3 is 5.97 Å². The van der Waals surface area contributed by atoms with Crippen molar-refractivity contribution < 1.29 is 17.9 Å². The topological polar surface area (TPSA) is 114 Å². The first kappa shape index (κ1) is 24.3. The van der Waals surface area contributed by atoms with Gasteiger partial charge in [0.25, 0.3) is 0 Å². The molecule has 10 heteroatoms. The van der Waals surface area contributed by atoms with Crippen LogP contribution in [-0.2, 0) is 14.8 Å². The van der Waals surface area contributed by atoms with Gasteiger partial charge in [-0.15, -0.1) is 0 Å².